The molecule has 0 unspecified atom stereocenters. The average molecular weight is 886 g/mol. The maximum absolute atomic E-state index is 13.7. The molecule has 1 fully saturated rings. The van der Waals surface area contributed by atoms with Gasteiger partial charge in [0.1, 0.15) is 55.3 Å². The zero-order valence-electron chi connectivity index (χ0n) is 37.2. The van der Waals surface area contributed by atoms with Crippen molar-refractivity contribution in [2.75, 3.05) is 23.4 Å². The van der Waals surface area contributed by atoms with E-state index in [2.05, 4.69) is 41.7 Å². The summed E-state index contributed by atoms with van der Waals surface area (Å²) in [4.78, 5) is 52.4. The van der Waals surface area contributed by atoms with E-state index < -0.39 is 54.6 Å². The van der Waals surface area contributed by atoms with Gasteiger partial charge in [-0.05, 0) is 19.3 Å². The number of hydrogen-bond donors (Lipinski definition) is 7. The van der Waals surface area contributed by atoms with E-state index in [1.807, 2.05) is 0 Å². The third-order valence-corrected chi connectivity index (χ3v) is 12.3. The van der Waals surface area contributed by atoms with Crippen molar-refractivity contribution in [1.29, 1.82) is 0 Å². The molecule has 1 saturated carbocycles. The molecule has 7 N–H and O–H groups in total. The van der Waals surface area contributed by atoms with E-state index in [4.69, 9.17) is 9.47 Å². The van der Waals surface area contributed by atoms with Crippen LogP contribution in [-0.2, 0) is 28.7 Å². The number of rotatable bonds is 35. The minimum absolute atomic E-state index is 0.0663. The van der Waals surface area contributed by atoms with Crippen molar-refractivity contribution in [3.63, 3.8) is 0 Å². The molecular weight excluding hydrogens is 807 g/mol. The number of amides is 2. The maximum Gasteiger partial charge on any atom is 0.306 e. The van der Waals surface area contributed by atoms with Gasteiger partial charge in [0.2, 0.25) is 11.8 Å². The smallest absolute Gasteiger partial charge is 0.306 e. The van der Waals surface area contributed by atoms with Crippen LogP contribution in [-0.4, -0.2) is 125 Å². The summed E-state index contributed by atoms with van der Waals surface area (Å²) >= 11 is 1.25. The van der Waals surface area contributed by atoms with Gasteiger partial charge >= 0.3 is 11.9 Å². The van der Waals surface area contributed by atoms with Crippen molar-refractivity contribution in [2.45, 2.75) is 224 Å². The molecule has 1 aromatic rings. The number of nitrogens with one attached hydrogen (secondary N) is 2. The first kappa shape index (κ1) is 54.3. The lowest BCUT2D eigenvalue weighted by Crippen LogP contribution is -2.61. The lowest BCUT2D eigenvalue weighted by atomic mass is 9.83. The molecule has 16 nitrogen and oxygen atoms in total. The Bertz CT molecular complexity index is 1340. The molecule has 1 aliphatic rings. The predicted molar refractivity (Wildman–Crippen MR) is 236 cm³/mol. The van der Waals surface area contributed by atoms with E-state index in [1.54, 1.807) is 0 Å². The Hall–Kier alpha value is -2.83. The van der Waals surface area contributed by atoms with E-state index in [0.29, 0.717) is 12.8 Å². The predicted octanol–water partition coefficient (Wildman–Crippen LogP) is 5.67. The van der Waals surface area contributed by atoms with E-state index >= 15 is 0 Å². The number of ether oxygens (including phenoxy) is 2. The van der Waals surface area contributed by atoms with Crippen LogP contribution < -0.4 is 10.6 Å². The Morgan fingerprint density at radius 3 is 1.62 bits per heavy atom. The van der Waals surface area contributed by atoms with Crippen LogP contribution in [0.3, 0.4) is 0 Å². The summed E-state index contributed by atoms with van der Waals surface area (Å²) in [6.45, 7) is 6.37. The molecule has 8 atom stereocenters. The molecule has 0 saturated heterocycles. The summed E-state index contributed by atoms with van der Waals surface area (Å²) < 4.78 is 12.4. The lowest BCUT2D eigenvalue weighted by Gasteiger charge is -2.41. The van der Waals surface area contributed by atoms with Crippen molar-refractivity contribution in [3.05, 3.63) is 6.20 Å². The maximum atomic E-state index is 13.7. The Labute approximate surface area is 368 Å². The standard InChI is InChI=1S/C44H79N5O11S/c1-4-7-10-13-16-19-22-25-35(50)45-33(44(58)46-34-28-49(48-47-34)38-39(53)41(55)43(57)42(56)40(38)54)31-61-30-32(60-37(52)27-24-21-18-15-12-9-6-3)29-59-36(51)26-23-20-17-14-11-8-5-2/h28,32-33,38-43,53-57H,4-27,29-31H2,1-3H3,(H,45,50)(H,46,58)/t32-,33-,38-,39+,40+,41+,42-,43-/m1/s1. The van der Waals surface area contributed by atoms with Gasteiger partial charge in [0.15, 0.2) is 5.82 Å². The fourth-order valence-corrected chi connectivity index (χ4v) is 8.33. The molecule has 0 bridgehead atoms. The van der Waals surface area contributed by atoms with Gasteiger partial charge in [-0.2, -0.15) is 11.8 Å². The van der Waals surface area contributed by atoms with Crippen LogP contribution >= 0.6 is 11.8 Å². The second kappa shape index (κ2) is 32.8. The fraction of sp³-hybridized carbons (Fsp3) is 0.864. The molecule has 2 rings (SSSR count). The topological polar surface area (TPSA) is 243 Å². The number of carbonyl (C=O) groups excluding carboxylic acids is 4. The largest absolute Gasteiger partial charge is 0.462 e. The number of carbonyl (C=O) groups is 4. The highest BCUT2D eigenvalue weighted by molar-refractivity contribution is 7.99. The molecule has 352 valence electrons. The van der Waals surface area contributed by atoms with E-state index in [-0.39, 0.29) is 61.0 Å². The number of anilines is 1. The van der Waals surface area contributed by atoms with Crippen molar-refractivity contribution >= 4 is 41.3 Å². The van der Waals surface area contributed by atoms with Crippen molar-refractivity contribution < 1.29 is 54.2 Å². The second-order valence-electron chi connectivity index (χ2n) is 16.6. The SMILES string of the molecule is CCCCCCCCCC(=O)N[C@H](CSC[C@@H](COC(=O)CCCCCCCCC)OC(=O)CCCCCCCCC)C(=O)Nc1cn([C@@H]2[C@H](O)[C@H](O)[C@@H](O)[C@H](O)[C@H]2O)nn1. The third-order valence-electron chi connectivity index (χ3n) is 11.1. The van der Waals surface area contributed by atoms with Gasteiger partial charge < -0.3 is 45.6 Å². The Morgan fingerprint density at radius 2 is 1.10 bits per heavy atom. The third kappa shape index (κ3) is 22.4. The summed E-state index contributed by atoms with van der Waals surface area (Å²) in [6.07, 6.45) is 14.3. The van der Waals surface area contributed by atoms with Gasteiger partial charge in [-0.25, -0.2) is 4.68 Å². The van der Waals surface area contributed by atoms with Crippen molar-refractivity contribution in [1.82, 2.24) is 20.3 Å². The first-order valence-corrected chi connectivity index (χ1v) is 24.4. The van der Waals surface area contributed by atoms with Crippen molar-refractivity contribution in [2.24, 2.45) is 0 Å². The number of unbranched alkanes of at least 4 members (excludes halogenated alkanes) is 18. The molecule has 17 heteroatoms. The van der Waals surface area contributed by atoms with E-state index in [1.165, 1.54) is 62.9 Å². The molecule has 2 amide bonds. The van der Waals surface area contributed by atoms with Gasteiger partial charge in [-0.15, -0.1) is 5.10 Å². The van der Waals surface area contributed by atoms with Crippen LogP contribution in [0.5, 0.6) is 0 Å². The van der Waals surface area contributed by atoms with Crippen LogP contribution in [0.1, 0.15) is 181 Å². The summed E-state index contributed by atoms with van der Waals surface area (Å²) in [5.41, 5.74) is 0. The monoisotopic (exact) mass is 886 g/mol. The highest BCUT2D eigenvalue weighted by atomic mass is 32.2. The molecule has 0 aliphatic heterocycles. The molecule has 61 heavy (non-hydrogen) atoms. The average Bonchev–Trinajstić information content (AvgIpc) is 3.70. The number of aliphatic hydroxyl groups excluding tert-OH is 5. The number of aromatic nitrogens is 3. The Balaban J connectivity index is 2.09. The minimum atomic E-state index is -1.79. The number of hydrogen-bond acceptors (Lipinski definition) is 14. The second-order valence-corrected chi connectivity index (χ2v) is 17.7. The minimum Gasteiger partial charge on any atom is -0.462 e. The molecule has 1 heterocycles. The normalized spacial score (nSPS) is 21.1. The molecule has 1 aromatic heterocycles. The summed E-state index contributed by atoms with van der Waals surface area (Å²) in [6, 6.07) is -2.46. The highest BCUT2D eigenvalue weighted by Gasteiger charge is 2.49. The van der Waals surface area contributed by atoms with E-state index in [9.17, 15) is 44.7 Å². The number of thioether (sulfide) groups is 1. The number of nitrogens with zero attached hydrogens (tertiary/aromatic N) is 3. The quantitative estimate of drug-likeness (QED) is 0.0321. The summed E-state index contributed by atoms with van der Waals surface area (Å²) in [5, 5.41) is 64.6. The molecule has 0 aromatic carbocycles. The van der Waals surface area contributed by atoms with Gasteiger partial charge in [0.05, 0.1) is 6.20 Å². The summed E-state index contributed by atoms with van der Waals surface area (Å²) in [7, 11) is 0. The zero-order chi connectivity index (χ0) is 44.8. The van der Waals surface area contributed by atoms with Gasteiger partial charge in [-0.1, -0.05) is 142 Å². The molecular formula is C44H79N5O11S. The van der Waals surface area contributed by atoms with Crippen LogP contribution in [0.4, 0.5) is 5.82 Å². The van der Waals surface area contributed by atoms with Crippen LogP contribution in [0.15, 0.2) is 6.20 Å². The Morgan fingerprint density at radius 1 is 0.639 bits per heavy atom. The lowest BCUT2D eigenvalue weighted by molar-refractivity contribution is -0.200. The highest BCUT2D eigenvalue weighted by Crippen LogP contribution is 2.30. The first-order valence-electron chi connectivity index (χ1n) is 23.3. The Kier molecular flexibility index (Phi) is 29.2. The van der Waals surface area contributed by atoms with Crippen LogP contribution in [0.25, 0.3) is 0 Å². The van der Waals surface area contributed by atoms with E-state index in [0.717, 1.165) is 81.7 Å². The van der Waals surface area contributed by atoms with Gasteiger partial charge in [0, 0.05) is 30.8 Å². The molecule has 1 aliphatic carbocycles. The molecule has 0 radical (unpaired) electrons. The van der Waals surface area contributed by atoms with Crippen LogP contribution in [0.2, 0.25) is 0 Å². The fourth-order valence-electron chi connectivity index (χ4n) is 7.30. The summed E-state index contributed by atoms with van der Waals surface area (Å²) in [5.74, 6) is -1.54. The van der Waals surface area contributed by atoms with Crippen molar-refractivity contribution in [3.8, 4) is 0 Å². The number of aliphatic hydroxyl groups is 5. The van der Waals surface area contributed by atoms with Crippen LogP contribution in [0, 0.1) is 0 Å². The first-order chi connectivity index (χ1) is 29.4. The van der Waals surface area contributed by atoms with Gasteiger partial charge in [0.25, 0.3) is 0 Å². The van der Waals surface area contributed by atoms with Gasteiger partial charge in [-0.3, -0.25) is 19.2 Å². The number of esters is 2. The molecule has 0 spiro atoms. The zero-order valence-corrected chi connectivity index (χ0v) is 38.0.